The highest BCUT2D eigenvalue weighted by Gasteiger charge is 2.22. The number of fused-ring (bicyclic) bond motifs is 4. The van der Waals surface area contributed by atoms with Crippen LogP contribution < -0.4 is 5.32 Å². The first kappa shape index (κ1) is 18.6. The molecule has 0 aliphatic heterocycles. The molecule has 0 radical (unpaired) electrons. The first-order valence-electron chi connectivity index (χ1n) is 9.49. The van der Waals surface area contributed by atoms with E-state index >= 15 is 0 Å². The molecule has 1 aromatic carbocycles. The van der Waals surface area contributed by atoms with E-state index in [0.717, 1.165) is 28.7 Å². The van der Waals surface area contributed by atoms with Crippen LogP contribution in [0.3, 0.4) is 0 Å². The molecule has 0 atom stereocenters. The van der Waals surface area contributed by atoms with Crippen LogP contribution in [0, 0.1) is 0 Å². The lowest BCUT2D eigenvalue weighted by Gasteiger charge is -2.15. The second kappa shape index (κ2) is 8.10. The molecule has 0 fully saturated rings. The fourth-order valence-corrected chi connectivity index (χ4v) is 3.34. The lowest BCUT2D eigenvalue weighted by molar-refractivity contribution is 0.0519. The van der Waals surface area contributed by atoms with E-state index in [0.29, 0.717) is 11.4 Å². The number of ether oxygens (including phenoxy) is 1. The second-order valence-corrected chi connectivity index (χ2v) is 6.69. The van der Waals surface area contributed by atoms with Crippen molar-refractivity contribution < 1.29 is 14.3 Å². The minimum atomic E-state index is -0.515. The van der Waals surface area contributed by atoms with Gasteiger partial charge in [0.1, 0.15) is 5.82 Å². The zero-order valence-electron chi connectivity index (χ0n) is 16.0. The van der Waals surface area contributed by atoms with Crippen molar-refractivity contribution in [2.75, 3.05) is 11.9 Å². The van der Waals surface area contributed by atoms with Crippen molar-refractivity contribution in [3.63, 3.8) is 0 Å². The molecular formula is C24H20N2O3. The summed E-state index contributed by atoms with van der Waals surface area (Å²) >= 11 is 0. The smallest absolute Gasteiger partial charge is 0.357 e. The average molecular weight is 384 g/mol. The van der Waals surface area contributed by atoms with Gasteiger partial charge >= 0.3 is 5.97 Å². The number of benzene rings is 1. The molecule has 0 unspecified atom stereocenters. The summed E-state index contributed by atoms with van der Waals surface area (Å²) in [5.74, 6) is -0.459. The molecule has 1 aromatic heterocycles. The topological polar surface area (TPSA) is 68.3 Å². The summed E-state index contributed by atoms with van der Waals surface area (Å²) in [5, 5.41) is 2.87. The van der Waals surface area contributed by atoms with E-state index < -0.39 is 5.97 Å². The summed E-state index contributed by atoms with van der Waals surface area (Å²) in [6.07, 6.45) is 12.7. The third kappa shape index (κ3) is 3.94. The predicted octanol–water partition coefficient (Wildman–Crippen LogP) is 4.81. The average Bonchev–Trinajstić information content (AvgIpc) is 3.08. The minimum Gasteiger partial charge on any atom is -0.461 e. The molecule has 1 amide bonds. The first-order valence-corrected chi connectivity index (χ1v) is 9.49. The zero-order valence-corrected chi connectivity index (χ0v) is 16.0. The Morgan fingerprint density at radius 2 is 1.90 bits per heavy atom. The van der Waals surface area contributed by atoms with Gasteiger partial charge in [0.15, 0.2) is 5.69 Å². The van der Waals surface area contributed by atoms with Gasteiger partial charge in [-0.1, -0.05) is 54.7 Å². The number of amides is 1. The Kier molecular flexibility index (Phi) is 5.20. The van der Waals surface area contributed by atoms with Crippen molar-refractivity contribution in [3.8, 4) is 0 Å². The normalized spacial score (nSPS) is 14.1. The Bertz CT molecular complexity index is 1090. The maximum atomic E-state index is 12.7. The third-order valence-electron chi connectivity index (χ3n) is 4.73. The van der Waals surface area contributed by atoms with E-state index in [1.165, 1.54) is 0 Å². The van der Waals surface area contributed by atoms with E-state index in [4.69, 9.17) is 4.74 Å². The van der Waals surface area contributed by atoms with E-state index in [9.17, 15) is 9.59 Å². The number of nitrogens with zero attached hydrogens (tertiary/aromatic N) is 1. The van der Waals surface area contributed by atoms with Gasteiger partial charge in [0.2, 0.25) is 0 Å². The van der Waals surface area contributed by atoms with Crippen molar-refractivity contribution in [3.05, 3.63) is 94.7 Å². The zero-order chi connectivity index (χ0) is 20.2. The van der Waals surface area contributed by atoms with E-state index in [1.807, 2.05) is 42.5 Å². The van der Waals surface area contributed by atoms with E-state index in [-0.39, 0.29) is 18.2 Å². The van der Waals surface area contributed by atoms with Crippen molar-refractivity contribution in [2.24, 2.45) is 0 Å². The van der Waals surface area contributed by atoms with Crippen LogP contribution in [0.4, 0.5) is 5.82 Å². The molecule has 2 aliphatic carbocycles. The maximum Gasteiger partial charge on any atom is 0.357 e. The van der Waals surface area contributed by atoms with Crippen molar-refractivity contribution >= 4 is 29.3 Å². The summed E-state index contributed by atoms with van der Waals surface area (Å²) < 4.78 is 5.15. The molecule has 29 heavy (non-hydrogen) atoms. The predicted molar refractivity (Wildman–Crippen MR) is 113 cm³/mol. The first-order chi connectivity index (χ1) is 14.2. The lowest BCUT2D eigenvalue weighted by Crippen LogP contribution is -2.17. The molecule has 5 heteroatoms. The molecule has 4 rings (SSSR count). The van der Waals surface area contributed by atoms with E-state index in [1.54, 1.807) is 37.3 Å². The molecule has 5 nitrogen and oxygen atoms in total. The van der Waals surface area contributed by atoms with Gasteiger partial charge in [-0.2, -0.15) is 0 Å². The van der Waals surface area contributed by atoms with Gasteiger partial charge in [0.05, 0.1) is 6.61 Å². The van der Waals surface area contributed by atoms with Crippen LogP contribution in [0.15, 0.2) is 72.4 Å². The Labute approximate surface area is 169 Å². The van der Waals surface area contributed by atoms with Crippen LogP contribution in [0.5, 0.6) is 0 Å². The number of carbonyl (C=O) groups excluding carboxylic acids is 2. The lowest BCUT2D eigenvalue weighted by atomic mass is 9.97. The molecule has 0 spiro atoms. The number of nitrogens with one attached hydrogen (secondary N) is 1. The highest BCUT2D eigenvalue weighted by atomic mass is 16.5. The number of hydrogen-bond donors (Lipinski definition) is 1. The Hall–Kier alpha value is -3.73. The second-order valence-electron chi connectivity index (χ2n) is 6.69. The van der Waals surface area contributed by atoms with Gasteiger partial charge in [-0.05, 0) is 48.3 Å². The maximum absolute atomic E-state index is 12.7. The molecule has 2 aliphatic rings. The van der Waals surface area contributed by atoms with Crippen LogP contribution in [0.1, 0.15) is 45.3 Å². The summed E-state index contributed by atoms with van der Waals surface area (Å²) in [5.41, 5.74) is 4.50. The Morgan fingerprint density at radius 3 is 2.69 bits per heavy atom. The van der Waals surface area contributed by atoms with Crippen molar-refractivity contribution in [2.45, 2.75) is 13.3 Å². The van der Waals surface area contributed by atoms with Gasteiger partial charge in [0, 0.05) is 11.1 Å². The third-order valence-corrected chi connectivity index (χ3v) is 4.73. The Morgan fingerprint density at radius 1 is 1.10 bits per heavy atom. The number of esters is 1. The van der Waals surface area contributed by atoms with Crippen LogP contribution >= 0.6 is 0 Å². The van der Waals surface area contributed by atoms with Gasteiger partial charge in [-0.15, -0.1) is 0 Å². The quantitative estimate of drug-likeness (QED) is 0.769. The molecule has 0 saturated carbocycles. The highest BCUT2D eigenvalue weighted by Crippen LogP contribution is 2.36. The van der Waals surface area contributed by atoms with Gasteiger partial charge in [-0.3, -0.25) is 4.79 Å². The van der Waals surface area contributed by atoms with Gasteiger partial charge < -0.3 is 10.1 Å². The van der Waals surface area contributed by atoms with E-state index in [2.05, 4.69) is 10.3 Å². The number of hydrogen-bond acceptors (Lipinski definition) is 4. The van der Waals surface area contributed by atoms with Gasteiger partial charge in [-0.25, -0.2) is 9.78 Å². The number of anilines is 1. The molecule has 1 N–H and O–H groups in total. The minimum absolute atomic E-state index is 0.170. The standard InChI is InChI=1S/C24H20N2O3/c1-2-29-24(28)21-15-20-18-11-7-6-8-16(14-18)12-13-19(20)22(25-21)26-23(27)17-9-4-3-5-10-17/h3-13,15H,2,14H2,1H3,(H,25,26,27). The highest BCUT2D eigenvalue weighted by molar-refractivity contribution is 6.06. The monoisotopic (exact) mass is 384 g/mol. The number of allylic oxidation sites excluding steroid dienone is 7. The summed E-state index contributed by atoms with van der Waals surface area (Å²) in [4.78, 5) is 29.6. The van der Waals surface area contributed by atoms with Crippen LogP contribution in [-0.2, 0) is 4.74 Å². The van der Waals surface area contributed by atoms with Crippen molar-refractivity contribution in [1.29, 1.82) is 0 Å². The van der Waals surface area contributed by atoms with Crippen LogP contribution in [0.2, 0.25) is 0 Å². The Balaban J connectivity index is 1.83. The number of aromatic nitrogens is 1. The molecule has 144 valence electrons. The SMILES string of the molecule is CCOC(=O)c1cc2c(c(NC(=O)c3ccccc3)n1)C=CC1=CC=CC=C2C1. The summed E-state index contributed by atoms with van der Waals surface area (Å²) in [7, 11) is 0. The number of carbonyl (C=O) groups is 2. The van der Waals surface area contributed by atoms with Gasteiger partial charge in [0.25, 0.3) is 5.91 Å². The van der Waals surface area contributed by atoms with Crippen LogP contribution in [0.25, 0.3) is 11.6 Å². The fourth-order valence-electron chi connectivity index (χ4n) is 3.34. The number of rotatable bonds is 4. The fraction of sp³-hybridized carbons (Fsp3) is 0.125. The molecule has 0 saturated heterocycles. The summed E-state index contributed by atoms with van der Waals surface area (Å²) in [6, 6.07) is 10.6. The molecule has 2 aromatic rings. The number of pyridine rings is 1. The van der Waals surface area contributed by atoms with Crippen LogP contribution in [-0.4, -0.2) is 23.5 Å². The molecule has 2 bridgehead atoms. The molecular weight excluding hydrogens is 364 g/mol. The van der Waals surface area contributed by atoms with Crippen molar-refractivity contribution in [1.82, 2.24) is 4.98 Å². The largest absolute Gasteiger partial charge is 0.461 e. The molecule has 1 heterocycles. The summed E-state index contributed by atoms with van der Waals surface area (Å²) in [6.45, 7) is 2.00.